The zero-order chi connectivity index (χ0) is 15.2. The Hall–Kier alpha value is -1.35. The number of ether oxygens (including phenoxy) is 1. The van der Waals surface area contributed by atoms with Gasteiger partial charge in [-0.15, -0.1) is 0 Å². The summed E-state index contributed by atoms with van der Waals surface area (Å²) < 4.78 is 19.3. The molecule has 0 saturated carbocycles. The lowest BCUT2D eigenvalue weighted by atomic mass is 9.93. The lowest BCUT2D eigenvalue weighted by molar-refractivity contribution is 0.382. The highest BCUT2D eigenvalue weighted by atomic mass is 79.9. The standard InChI is InChI=1S/C18H20BrFO/c1-13-5-3-6-14(9-13)10-15(12-19)11-16-7-4-8-17(21-2)18(16)20/h3-9,15H,10-12H2,1-2H3. The van der Waals surface area contributed by atoms with Crippen LogP contribution in [0.1, 0.15) is 16.7 Å². The van der Waals surface area contributed by atoms with Crippen LogP contribution in [0.3, 0.4) is 0 Å². The number of aryl methyl sites for hydroxylation is 1. The summed E-state index contributed by atoms with van der Waals surface area (Å²) in [6, 6.07) is 13.8. The molecule has 0 amide bonds. The maximum absolute atomic E-state index is 14.2. The maximum Gasteiger partial charge on any atom is 0.168 e. The average Bonchev–Trinajstić information content (AvgIpc) is 2.48. The Labute approximate surface area is 134 Å². The van der Waals surface area contributed by atoms with Crippen molar-refractivity contribution in [1.29, 1.82) is 0 Å². The van der Waals surface area contributed by atoms with E-state index < -0.39 is 0 Å². The zero-order valence-electron chi connectivity index (χ0n) is 12.4. The van der Waals surface area contributed by atoms with E-state index >= 15 is 0 Å². The Balaban J connectivity index is 2.12. The van der Waals surface area contributed by atoms with Crippen LogP contribution in [0, 0.1) is 18.7 Å². The van der Waals surface area contributed by atoms with Gasteiger partial charge in [0.25, 0.3) is 0 Å². The first-order chi connectivity index (χ1) is 10.1. The summed E-state index contributed by atoms with van der Waals surface area (Å²) in [4.78, 5) is 0. The van der Waals surface area contributed by atoms with E-state index in [9.17, 15) is 4.39 Å². The van der Waals surface area contributed by atoms with Crippen molar-refractivity contribution in [3.05, 3.63) is 65.0 Å². The van der Waals surface area contributed by atoms with Gasteiger partial charge in [0, 0.05) is 5.33 Å². The van der Waals surface area contributed by atoms with E-state index in [4.69, 9.17) is 4.74 Å². The fraction of sp³-hybridized carbons (Fsp3) is 0.333. The largest absolute Gasteiger partial charge is 0.494 e. The second-order valence-corrected chi connectivity index (χ2v) is 6.00. The molecule has 0 heterocycles. The van der Waals surface area contributed by atoms with Crippen molar-refractivity contribution in [2.24, 2.45) is 5.92 Å². The quantitative estimate of drug-likeness (QED) is 0.670. The van der Waals surface area contributed by atoms with Gasteiger partial charge in [-0.25, -0.2) is 4.39 Å². The first-order valence-corrected chi connectivity index (χ1v) is 8.19. The maximum atomic E-state index is 14.2. The molecule has 0 aliphatic rings. The predicted octanol–water partition coefficient (Wildman–Crippen LogP) is 4.94. The minimum atomic E-state index is -0.241. The summed E-state index contributed by atoms with van der Waals surface area (Å²) in [5.41, 5.74) is 3.27. The number of halogens is 2. The van der Waals surface area contributed by atoms with E-state index in [1.165, 1.54) is 18.2 Å². The third kappa shape index (κ3) is 4.31. The molecule has 21 heavy (non-hydrogen) atoms. The van der Waals surface area contributed by atoms with Crippen molar-refractivity contribution >= 4 is 15.9 Å². The third-order valence-corrected chi connectivity index (χ3v) is 4.51. The average molecular weight is 351 g/mol. The van der Waals surface area contributed by atoms with Crippen LogP contribution in [-0.4, -0.2) is 12.4 Å². The Morgan fingerprint density at radius 2 is 1.90 bits per heavy atom. The van der Waals surface area contributed by atoms with Crippen LogP contribution < -0.4 is 4.74 Å². The molecular formula is C18H20BrFO. The summed E-state index contributed by atoms with van der Waals surface area (Å²) in [6.07, 6.45) is 1.63. The van der Waals surface area contributed by atoms with Gasteiger partial charge in [-0.2, -0.15) is 0 Å². The number of benzene rings is 2. The SMILES string of the molecule is COc1cccc(CC(CBr)Cc2cccc(C)c2)c1F. The van der Waals surface area contributed by atoms with Crippen LogP contribution in [0.4, 0.5) is 4.39 Å². The van der Waals surface area contributed by atoms with Gasteiger partial charge in [-0.3, -0.25) is 0 Å². The molecule has 2 rings (SSSR count). The van der Waals surface area contributed by atoms with Crippen molar-refractivity contribution < 1.29 is 9.13 Å². The molecular weight excluding hydrogens is 331 g/mol. The second kappa shape index (κ2) is 7.60. The molecule has 0 bridgehead atoms. The van der Waals surface area contributed by atoms with E-state index in [0.717, 1.165) is 11.8 Å². The molecule has 112 valence electrons. The van der Waals surface area contributed by atoms with Crippen molar-refractivity contribution in [1.82, 2.24) is 0 Å². The van der Waals surface area contributed by atoms with Gasteiger partial charge in [-0.05, 0) is 42.9 Å². The lowest BCUT2D eigenvalue weighted by Gasteiger charge is -2.16. The minimum Gasteiger partial charge on any atom is -0.494 e. The van der Waals surface area contributed by atoms with Gasteiger partial charge in [0.05, 0.1) is 7.11 Å². The van der Waals surface area contributed by atoms with Gasteiger partial charge in [0.1, 0.15) is 0 Å². The summed E-state index contributed by atoms with van der Waals surface area (Å²) in [5, 5.41) is 0.845. The molecule has 1 atom stereocenters. The number of rotatable bonds is 6. The van der Waals surface area contributed by atoms with E-state index in [1.807, 2.05) is 12.1 Å². The van der Waals surface area contributed by atoms with E-state index in [0.29, 0.717) is 23.7 Å². The Morgan fingerprint density at radius 1 is 1.14 bits per heavy atom. The molecule has 2 aromatic carbocycles. The molecule has 0 aromatic heterocycles. The van der Waals surface area contributed by atoms with Crippen molar-refractivity contribution in [3.63, 3.8) is 0 Å². The topological polar surface area (TPSA) is 9.23 Å². The van der Waals surface area contributed by atoms with Crippen LogP contribution in [0.5, 0.6) is 5.75 Å². The van der Waals surface area contributed by atoms with Crippen LogP contribution in [0.2, 0.25) is 0 Å². The fourth-order valence-electron chi connectivity index (χ4n) is 2.54. The Bertz CT molecular complexity index is 598. The Morgan fingerprint density at radius 3 is 2.57 bits per heavy atom. The van der Waals surface area contributed by atoms with Gasteiger partial charge >= 0.3 is 0 Å². The van der Waals surface area contributed by atoms with E-state index in [-0.39, 0.29) is 5.82 Å². The highest BCUT2D eigenvalue weighted by Crippen LogP contribution is 2.24. The summed E-state index contributed by atoms with van der Waals surface area (Å²) in [7, 11) is 1.50. The fourth-order valence-corrected chi connectivity index (χ4v) is 2.99. The molecule has 0 saturated heterocycles. The number of hydrogen-bond acceptors (Lipinski definition) is 1. The van der Waals surface area contributed by atoms with Crippen LogP contribution in [0.25, 0.3) is 0 Å². The molecule has 0 spiro atoms. The number of alkyl halides is 1. The molecule has 0 aliphatic carbocycles. The highest BCUT2D eigenvalue weighted by molar-refractivity contribution is 9.09. The third-order valence-electron chi connectivity index (χ3n) is 3.60. The minimum absolute atomic E-state index is 0.241. The molecule has 3 heteroatoms. The second-order valence-electron chi connectivity index (χ2n) is 5.35. The zero-order valence-corrected chi connectivity index (χ0v) is 14.0. The van der Waals surface area contributed by atoms with Crippen molar-refractivity contribution in [2.75, 3.05) is 12.4 Å². The molecule has 0 fully saturated rings. The summed E-state index contributed by atoms with van der Waals surface area (Å²) >= 11 is 3.56. The van der Waals surface area contributed by atoms with Crippen LogP contribution >= 0.6 is 15.9 Å². The first kappa shape index (κ1) is 16.0. The van der Waals surface area contributed by atoms with Crippen LogP contribution in [-0.2, 0) is 12.8 Å². The van der Waals surface area contributed by atoms with Crippen molar-refractivity contribution in [3.8, 4) is 5.75 Å². The molecule has 1 nitrogen and oxygen atoms in total. The highest BCUT2D eigenvalue weighted by Gasteiger charge is 2.15. The monoisotopic (exact) mass is 350 g/mol. The number of hydrogen-bond donors (Lipinski definition) is 0. The predicted molar refractivity (Wildman–Crippen MR) is 88.8 cm³/mol. The molecule has 1 unspecified atom stereocenters. The van der Waals surface area contributed by atoms with Gasteiger partial charge in [-0.1, -0.05) is 57.9 Å². The van der Waals surface area contributed by atoms with Gasteiger partial charge in [0.15, 0.2) is 11.6 Å². The Kier molecular flexibility index (Phi) is 5.80. The molecule has 0 aliphatic heterocycles. The molecule has 2 aromatic rings. The van der Waals surface area contributed by atoms with Crippen LogP contribution in [0.15, 0.2) is 42.5 Å². The summed E-state index contributed by atoms with van der Waals surface area (Å²) in [6.45, 7) is 2.09. The lowest BCUT2D eigenvalue weighted by Crippen LogP contribution is -2.11. The van der Waals surface area contributed by atoms with Crippen molar-refractivity contribution in [2.45, 2.75) is 19.8 Å². The molecule has 0 radical (unpaired) electrons. The smallest absolute Gasteiger partial charge is 0.168 e. The van der Waals surface area contributed by atoms with E-state index in [2.05, 4.69) is 47.1 Å². The molecule has 0 N–H and O–H groups in total. The normalized spacial score (nSPS) is 12.2. The number of methoxy groups -OCH3 is 1. The van der Waals surface area contributed by atoms with Gasteiger partial charge in [0.2, 0.25) is 0 Å². The van der Waals surface area contributed by atoms with Gasteiger partial charge < -0.3 is 4.74 Å². The summed E-state index contributed by atoms with van der Waals surface area (Å²) in [5.74, 6) is 0.431. The first-order valence-electron chi connectivity index (χ1n) is 7.07. The van der Waals surface area contributed by atoms with E-state index in [1.54, 1.807) is 6.07 Å².